The predicted molar refractivity (Wildman–Crippen MR) is 99.6 cm³/mol. The first kappa shape index (κ1) is 18.5. The quantitative estimate of drug-likeness (QED) is 0.738. The van der Waals surface area contributed by atoms with Gasteiger partial charge in [0.1, 0.15) is 5.75 Å². The van der Waals surface area contributed by atoms with Crippen LogP contribution in [0.1, 0.15) is 48.7 Å². The molecule has 0 unspecified atom stereocenters. The van der Waals surface area contributed by atoms with Crippen molar-refractivity contribution >= 4 is 27.5 Å². The van der Waals surface area contributed by atoms with Gasteiger partial charge in [0.15, 0.2) is 0 Å². The number of nitrogens with zero attached hydrogens (tertiary/aromatic N) is 2. The van der Waals surface area contributed by atoms with Crippen molar-refractivity contribution in [1.29, 1.82) is 0 Å². The van der Waals surface area contributed by atoms with Crippen LogP contribution in [0.25, 0.3) is 0 Å². The summed E-state index contributed by atoms with van der Waals surface area (Å²) in [6.45, 7) is 10.3. The lowest BCUT2D eigenvalue weighted by Gasteiger charge is -2.14. The third-order valence-electron chi connectivity index (χ3n) is 4.11. The summed E-state index contributed by atoms with van der Waals surface area (Å²) in [6, 6.07) is 3.55. The zero-order valence-electron chi connectivity index (χ0n) is 14.8. The van der Waals surface area contributed by atoms with Crippen LogP contribution in [0.4, 0.5) is 5.69 Å². The molecule has 2 N–H and O–H groups in total. The lowest BCUT2D eigenvalue weighted by atomic mass is 9.99. The first-order valence-corrected chi connectivity index (χ1v) is 8.82. The number of aryl methyl sites for hydroxylation is 3. The van der Waals surface area contributed by atoms with E-state index >= 15 is 0 Å². The van der Waals surface area contributed by atoms with Crippen LogP contribution in [0.15, 0.2) is 16.6 Å². The number of aromatic nitrogens is 2. The molecule has 24 heavy (non-hydrogen) atoms. The number of phenolic OH excluding ortho intramolecular Hbond substituents is 1. The number of rotatable bonds is 5. The van der Waals surface area contributed by atoms with E-state index in [4.69, 9.17) is 0 Å². The van der Waals surface area contributed by atoms with Crippen molar-refractivity contribution in [3.8, 4) is 5.75 Å². The van der Waals surface area contributed by atoms with Crippen LogP contribution in [-0.2, 0) is 11.3 Å². The van der Waals surface area contributed by atoms with Crippen LogP contribution in [0.5, 0.6) is 5.75 Å². The zero-order chi connectivity index (χ0) is 18.0. The lowest BCUT2D eigenvalue weighted by Crippen LogP contribution is -2.16. The van der Waals surface area contributed by atoms with Crippen LogP contribution in [0, 0.1) is 20.8 Å². The molecule has 1 amide bonds. The minimum Gasteiger partial charge on any atom is -0.508 e. The van der Waals surface area contributed by atoms with Crippen molar-refractivity contribution in [3.05, 3.63) is 39.1 Å². The number of hydrogen-bond donors (Lipinski definition) is 2. The van der Waals surface area contributed by atoms with E-state index in [-0.39, 0.29) is 17.6 Å². The molecule has 2 aromatic rings. The molecule has 1 heterocycles. The molecule has 0 aliphatic carbocycles. The molecule has 0 radical (unpaired) electrons. The first-order chi connectivity index (χ1) is 11.2. The van der Waals surface area contributed by atoms with Gasteiger partial charge in [0.25, 0.3) is 0 Å². The molecule has 6 heteroatoms. The molecule has 0 spiro atoms. The van der Waals surface area contributed by atoms with Crippen LogP contribution in [0.2, 0.25) is 0 Å². The highest BCUT2D eigenvalue weighted by atomic mass is 79.9. The Morgan fingerprint density at radius 3 is 2.54 bits per heavy atom. The maximum Gasteiger partial charge on any atom is 0.226 e. The Morgan fingerprint density at radius 1 is 1.33 bits per heavy atom. The van der Waals surface area contributed by atoms with Gasteiger partial charge >= 0.3 is 0 Å². The van der Waals surface area contributed by atoms with Crippen molar-refractivity contribution in [2.45, 2.75) is 53.5 Å². The molecule has 0 atom stereocenters. The molecular formula is C18H24BrN3O2. The summed E-state index contributed by atoms with van der Waals surface area (Å²) in [6.07, 6.45) is 0.339. The molecule has 1 aromatic heterocycles. The summed E-state index contributed by atoms with van der Waals surface area (Å²) in [4.78, 5) is 12.3. The summed E-state index contributed by atoms with van der Waals surface area (Å²) in [7, 11) is 0. The second kappa shape index (κ2) is 7.38. The Hall–Kier alpha value is -1.82. The average Bonchev–Trinajstić information content (AvgIpc) is 2.74. The maximum atomic E-state index is 12.3. The molecule has 5 nitrogen and oxygen atoms in total. The van der Waals surface area contributed by atoms with E-state index < -0.39 is 0 Å². The van der Waals surface area contributed by atoms with Crippen LogP contribution in [-0.4, -0.2) is 20.8 Å². The van der Waals surface area contributed by atoms with Gasteiger partial charge in [-0.1, -0.05) is 13.8 Å². The number of halogens is 1. The Morgan fingerprint density at radius 2 is 2.00 bits per heavy atom. The van der Waals surface area contributed by atoms with Crippen molar-refractivity contribution in [2.75, 3.05) is 5.32 Å². The molecule has 0 saturated carbocycles. The zero-order valence-corrected chi connectivity index (χ0v) is 16.4. The number of benzene rings is 1. The monoisotopic (exact) mass is 393 g/mol. The number of hydrogen-bond acceptors (Lipinski definition) is 3. The Balaban J connectivity index is 2.07. The summed E-state index contributed by atoms with van der Waals surface area (Å²) >= 11 is 3.49. The van der Waals surface area contributed by atoms with Gasteiger partial charge in [-0.25, -0.2) is 0 Å². The number of aromatic hydroxyl groups is 1. The predicted octanol–water partition coefficient (Wildman–Crippen LogP) is 4.43. The van der Waals surface area contributed by atoms with Gasteiger partial charge in [0.05, 0.1) is 16.7 Å². The highest BCUT2D eigenvalue weighted by Crippen LogP contribution is 2.31. The van der Waals surface area contributed by atoms with Crippen LogP contribution in [0.3, 0.4) is 0 Å². The highest BCUT2D eigenvalue weighted by molar-refractivity contribution is 9.10. The van der Waals surface area contributed by atoms with E-state index in [1.807, 2.05) is 45.4 Å². The molecule has 0 bridgehead atoms. The number of carbonyl (C=O) groups excluding carboxylic acids is 1. The molecule has 0 saturated heterocycles. The fourth-order valence-electron chi connectivity index (χ4n) is 2.62. The number of anilines is 1. The van der Waals surface area contributed by atoms with Gasteiger partial charge in [-0.05, 0) is 65.9 Å². The van der Waals surface area contributed by atoms with E-state index in [1.165, 1.54) is 0 Å². The lowest BCUT2D eigenvalue weighted by molar-refractivity contribution is -0.116. The van der Waals surface area contributed by atoms with Gasteiger partial charge < -0.3 is 10.4 Å². The molecule has 0 aliphatic heterocycles. The van der Waals surface area contributed by atoms with Gasteiger partial charge in [-0.3, -0.25) is 9.48 Å². The van der Waals surface area contributed by atoms with Gasteiger partial charge in [0, 0.05) is 17.8 Å². The topological polar surface area (TPSA) is 67.2 Å². The normalized spacial score (nSPS) is 11.1. The SMILES string of the molecule is Cc1cc(O)c(C(C)C)cc1NC(=O)CCn1nc(C)c(Br)c1C. The van der Waals surface area contributed by atoms with Crippen molar-refractivity contribution < 1.29 is 9.90 Å². The summed E-state index contributed by atoms with van der Waals surface area (Å²) in [5.41, 5.74) is 4.36. The van der Waals surface area contributed by atoms with Gasteiger partial charge in [-0.2, -0.15) is 5.10 Å². The standard InChI is InChI=1S/C18H24BrN3O2/c1-10(2)14-9-15(11(3)8-16(14)23)20-17(24)6-7-22-13(5)18(19)12(4)21-22/h8-10,23H,6-7H2,1-5H3,(H,20,24). The maximum absolute atomic E-state index is 12.3. The second-order valence-electron chi connectivity index (χ2n) is 6.39. The number of nitrogens with one attached hydrogen (secondary N) is 1. The molecule has 2 rings (SSSR count). The van der Waals surface area contributed by atoms with E-state index in [0.29, 0.717) is 13.0 Å². The fourth-order valence-corrected chi connectivity index (χ4v) is 2.90. The second-order valence-corrected chi connectivity index (χ2v) is 7.18. The molecular weight excluding hydrogens is 370 g/mol. The Bertz CT molecular complexity index is 766. The largest absolute Gasteiger partial charge is 0.508 e. The van der Waals surface area contributed by atoms with E-state index in [2.05, 4.69) is 26.3 Å². The van der Waals surface area contributed by atoms with Gasteiger partial charge in [-0.15, -0.1) is 0 Å². The van der Waals surface area contributed by atoms with Crippen molar-refractivity contribution in [2.24, 2.45) is 0 Å². The Labute approximate surface area is 151 Å². The number of amides is 1. The molecule has 1 aromatic carbocycles. The average molecular weight is 394 g/mol. The minimum absolute atomic E-state index is 0.0674. The fraction of sp³-hybridized carbons (Fsp3) is 0.444. The number of phenols is 1. The minimum atomic E-state index is -0.0674. The highest BCUT2D eigenvalue weighted by Gasteiger charge is 2.13. The van der Waals surface area contributed by atoms with Gasteiger partial charge in [0.2, 0.25) is 5.91 Å². The summed E-state index contributed by atoms with van der Waals surface area (Å²) in [5, 5.41) is 17.4. The summed E-state index contributed by atoms with van der Waals surface area (Å²) < 4.78 is 2.82. The smallest absolute Gasteiger partial charge is 0.226 e. The third kappa shape index (κ3) is 3.98. The van der Waals surface area contributed by atoms with Crippen molar-refractivity contribution in [1.82, 2.24) is 9.78 Å². The Kier molecular flexibility index (Phi) is 5.70. The summed E-state index contributed by atoms with van der Waals surface area (Å²) in [5.74, 6) is 0.392. The van der Waals surface area contributed by atoms with Crippen molar-refractivity contribution in [3.63, 3.8) is 0 Å². The van der Waals surface area contributed by atoms with E-state index in [0.717, 1.165) is 32.7 Å². The third-order valence-corrected chi connectivity index (χ3v) is 5.26. The van der Waals surface area contributed by atoms with E-state index in [1.54, 1.807) is 6.07 Å². The number of carbonyl (C=O) groups is 1. The molecule has 0 fully saturated rings. The van der Waals surface area contributed by atoms with Crippen LogP contribution >= 0.6 is 15.9 Å². The molecule has 0 aliphatic rings. The molecule has 130 valence electrons. The van der Waals surface area contributed by atoms with E-state index in [9.17, 15) is 9.90 Å². The first-order valence-electron chi connectivity index (χ1n) is 8.03. The van der Waals surface area contributed by atoms with Crippen LogP contribution < -0.4 is 5.32 Å².